The molecule has 2 amide bonds. The van der Waals surface area contributed by atoms with E-state index in [0.29, 0.717) is 39.1 Å². The molecule has 2 aliphatic rings. The van der Waals surface area contributed by atoms with Gasteiger partial charge in [0.1, 0.15) is 0 Å². The molecule has 1 fully saturated rings. The predicted octanol–water partition coefficient (Wildman–Crippen LogP) is 5.53. The highest BCUT2D eigenvalue weighted by atomic mass is 32.1. The number of thiocarbonyl (C=S) groups is 1. The number of anilines is 1. The van der Waals surface area contributed by atoms with Gasteiger partial charge in [0.2, 0.25) is 17.8 Å². The van der Waals surface area contributed by atoms with Crippen molar-refractivity contribution in [1.29, 1.82) is 0 Å². The number of benzene rings is 4. The van der Waals surface area contributed by atoms with Crippen LogP contribution in [0.15, 0.2) is 109 Å². The molecule has 4 N–H and O–H groups in total. The molecule has 0 saturated carbocycles. The number of hydrogen-bond acceptors (Lipinski definition) is 10. The molecule has 14 heteroatoms. The number of amides is 2. The lowest BCUT2D eigenvalue weighted by Crippen LogP contribution is -2.67. The first kappa shape index (κ1) is 31.9. The molecular weight excluding hydrogens is 659 g/mol. The van der Waals surface area contributed by atoms with Crippen LogP contribution in [0.25, 0.3) is 22.9 Å². The number of carbonyl (C=O) groups excluding carboxylic acids is 2. The number of fused-ring (bicyclic) bond motifs is 1. The van der Waals surface area contributed by atoms with E-state index in [1.54, 1.807) is 72.8 Å². The zero-order valence-corrected chi connectivity index (χ0v) is 26.7. The highest BCUT2D eigenvalue weighted by Crippen LogP contribution is 2.62. The lowest BCUT2D eigenvalue weighted by molar-refractivity contribution is -0.385. The first-order valence-electron chi connectivity index (χ1n) is 15.2. The number of nitrogens with two attached hydrogens (primary N) is 1. The maximum atomic E-state index is 14.8. The van der Waals surface area contributed by atoms with Crippen LogP contribution in [0.4, 0.5) is 17.3 Å². The summed E-state index contributed by atoms with van der Waals surface area (Å²) in [5.41, 5.74) is 7.66. The van der Waals surface area contributed by atoms with Gasteiger partial charge in [-0.2, -0.15) is 0 Å². The molecule has 1 aliphatic heterocycles. The fourth-order valence-electron chi connectivity index (χ4n) is 6.98. The van der Waals surface area contributed by atoms with E-state index in [1.165, 1.54) is 36.4 Å². The summed E-state index contributed by atoms with van der Waals surface area (Å²) in [6, 6.07) is 29.5. The molecule has 1 aliphatic carbocycles. The molecule has 0 radical (unpaired) electrons. The molecule has 2 atom stereocenters. The maximum Gasteiger partial charge on any atom is 0.269 e. The summed E-state index contributed by atoms with van der Waals surface area (Å²) >= 11 is 5.29. The smallest absolute Gasteiger partial charge is 0.269 e. The molecular formula is C36H25N7O6S. The normalized spacial score (nSPS) is 18.6. The third kappa shape index (κ3) is 5.23. The van der Waals surface area contributed by atoms with Crippen LogP contribution in [0.5, 0.6) is 0 Å². The number of nitro groups is 2. The van der Waals surface area contributed by atoms with Gasteiger partial charge in [-0.15, -0.1) is 0 Å². The fourth-order valence-corrected chi connectivity index (χ4v) is 7.16. The molecule has 1 saturated heterocycles. The Morgan fingerprint density at radius 3 is 1.70 bits per heavy atom. The minimum absolute atomic E-state index is 0.122. The van der Waals surface area contributed by atoms with Crippen molar-refractivity contribution in [2.75, 3.05) is 5.73 Å². The SMILES string of the molecule is Nc1nc2c(c(-c3ccc([N+](=O)[O-])cc3)n1)C(c1ccccc1)C1(C(=O)NC(=S)NC1=O)C(c1ccccc1)/C2=C/c1ccc([N+](=O)[O-])cc1. The van der Waals surface area contributed by atoms with Gasteiger partial charge in [-0.3, -0.25) is 29.8 Å². The van der Waals surface area contributed by atoms with Gasteiger partial charge in [0.25, 0.3) is 11.4 Å². The van der Waals surface area contributed by atoms with Crippen LogP contribution in [-0.2, 0) is 9.59 Å². The molecule has 13 nitrogen and oxygen atoms in total. The number of allylic oxidation sites excluding steroid dienone is 1. The molecule has 246 valence electrons. The number of nitrogens with one attached hydrogen (secondary N) is 2. The molecule has 1 aromatic heterocycles. The Morgan fingerprint density at radius 1 is 0.700 bits per heavy atom. The van der Waals surface area contributed by atoms with Gasteiger partial charge in [0.05, 0.1) is 21.2 Å². The van der Waals surface area contributed by atoms with Crippen molar-refractivity contribution in [3.05, 3.63) is 157 Å². The van der Waals surface area contributed by atoms with Crippen molar-refractivity contribution in [1.82, 2.24) is 20.6 Å². The minimum atomic E-state index is -1.96. The number of rotatable bonds is 6. The monoisotopic (exact) mass is 683 g/mol. The zero-order chi connectivity index (χ0) is 35.2. The highest BCUT2D eigenvalue weighted by Gasteiger charge is 2.65. The number of nitro benzene ring substituents is 2. The van der Waals surface area contributed by atoms with E-state index >= 15 is 0 Å². The zero-order valence-electron chi connectivity index (χ0n) is 25.8. The summed E-state index contributed by atoms with van der Waals surface area (Å²) in [5, 5.41) is 28.3. The molecule has 4 aromatic carbocycles. The van der Waals surface area contributed by atoms with E-state index in [1.807, 2.05) is 6.07 Å². The Balaban J connectivity index is 1.65. The first-order chi connectivity index (χ1) is 24.1. The van der Waals surface area contributed by atoms with E-state index in [-0.39, 0.29) is 28.1 Å². The van der Waals surface area contributed by atoms with Crippen molar-refractivity contribution < 1.29 is 19.4 Å². The van der Waals surface area contributed by atoms with Crippen LogP contribution in [0.3, 0.4) is 0 Å². The quantitative estimate of drug-likeness (QED) is 0.0886. The van der Waals surface area contributed by atoms with Crippen molar-refractivity contribution in [2.24, 2.45) is 5.41 Å². The Hall–Kier alpha value is -6.67. The van der Waals surface area contributed by atoms with Gasteiger partial charge in [-0.05, 0) is 64.8 Å². The predicted molar refractivity (Wildman–Crippen MR) is 188 cm³/mol. The molecule has 2 unspecified atom stereocenters. The lowest BCUT2D eigenvalue weighted by Gasteiger charge is -2.50. The van der Waals surface area contributed by atoms with E-state index < -0.39 is 38.9 Å². The molecule has 7 rings (SSSR count). The van der Waals surface area contributed by atoms with Crippen LogP contribution >= 0.6 is 12.2 Å². The highest BCUT2D eigenvalue weighted by molar-refractivity contribution is 7.80. The fraction of sp³-hybridized carbons (Fsp3) is 0.0833. The van der Waals surface area contributed by atoms with Gasteiger partial charge >= 0.3 is 0 Å². The second kappa shape index (κ2) is 12.4. The number of carbonyl (C=O) groups is 2. The summed E-state index contributed by atoms with van der Waals surface area (Å²) < 4.78 is 0. The van der Waals surface area contributed by atoms with E-state index in [4.69, 9.17) is 22.9 Å². The van der Waals surface area contributed by atoms with Crippen LogP contribution < -0.4 is 16.4 Å². The Bertz CT molecular complexity index is 2230. The Kier molecular flexibility index (Phi) is 7.92. The summed E-state index contributed by atoms with van der Waals surface area (Å²) in [7, 11) is 0. The second-order valence-electron chi connectivity index (χ2n) is 11.7. The number of aromatic nitrogens is 2. The largest absolute Gasteiger partial charge is 0.368 e. The number of non-ortho nitro benzene ring substituents is 2. The number of nitrogens with zero attached hydrogens (tertiary/aromatic N) is 4. The number of hydrogen-bond donors (Lipinski definition) is 3. The third-order valence-electron chi connectivity index (χ3n) is 9.00. The van der Waals surface area contributed by atoms with Crippen molar-refractivity contribution in [3.8, 4) is 11.3 Å². The molecule has 5 aromatic rings. The van der Waals surface area contributed by atoms with E-state index in [9.17, 15) is 29.8 Å². The Morgan fingerprint density at radius 2 is 1.18 bits per heavy atom. The van der Waals surface area contributed by atoms with Gasteiger partial charge in [0, 0.05) is 47.2 Å². The summed E-state index contributed by atoms with van der Waals surface area (Å²) in [4.78, 5) is 61.0. The summed E-state index contributed by atoms with van der Waals surface area (Å²) in [6.45, 7) is 0. The van der Waals surface area contributed by atoms with Crippen molar-refractivity contribution in [3.63, 3.8) is 0 Å². The van der Waals surface area contributed by atoms with Gasteiger partial charge in [-0.25, -0.2) is 9.97 Å². The summed E-state index contributed by atoms with van der Waals surface area (Å²) in [5.74, 6) is -3.52. The topological polar surface area (TPSA) is 196 Å². The van der Waals surface area contributed by atoms with E-state index in [2.05, 4.69) is 15.6 Å². The standard InChI is InChI=1S/C36H25N7O6S/c37-34-38-30(23-13-17-25(18-14-23)43(48)49)27-29(22-9-5-2-6-10-22)36(32(44)40-35(50)41-33(36)45)28(21-7-3-1-4-8-21)26(31(27)39-34)19-20-11-15-24(16-12-20)42(46)47/h1-19,28-29H,(H2,37,38,39)(H2,40,41,44,45,50)/b26-19-. The lowest BCUT2D eigenvalue weighted by atomic mass is 9.52. The average Bonchev–Trinajstić information content (AvgIpc) is 3.11. The van der Waals surface area contributed by atoms with Crippen LogP contribution in [0, 0.1) is 25.6 Å². The van der Waals surface area contributed by atoms with Gasteiger partial charge in [-0.1, -0.05) is 60.7 Å². The van der Waals surface area contributed by atoms with Gasteiger partial charge in [0.15, 0.2) is 10.5 Å². The van der Waals surface area contributed by atoms with Crippen LogP contribution in [0.2, 0.25) is 0 Å². The number of nitrogen functional groups attached to an aromatic ring is 1. The second-order valence-corrected chi connectivity index (χ2v) is 12.1. The van der Waals surface area contributed by atoms with Gasteiger partial charge < -0.3 is 16.4 Å². The van der Waals surface area contributed by atoms with Crippen LogP contribution in [-0.4, -0.2) is 36.7 Å². The molecule has 1 spiro atoms. The van der Waals surface area contributed by atoms with Crippen molar-refractivity contribution >= 4 is 58.1 Å². The minimum Gasteiger partial charge on any atom is -0.368 e. The van der Waals surface area contributed by atoms with E-state index in [0.717, 1.165) is 0 Å². The first-order valence-corrected chi connectivity index (χ1v) is 15.7. The van der Waals surface area contributed by atoms with Crippen molar-refractivity contribution in [2.45, 2.75) is 11.8 Å². The molecule has 2 heterocycles. The Labute approximate surface area is 289 Å². The third-order valence-corrected chi connectivity index (χ3v) is 9.20. The van der Waals surface area contributed by atoms with Crippen LogP contribution in [0.1, 0.15) is 39.8 Å². The average molecular weight is 684 g/mol. The molecule has 0 bridgehead atoms. The summed E-state index contributed by atoms with van der Waals surface area (Å²) in [6.07, 6.45) is 1.72. The molecule has 50 heavy (non-hydrogen) atoms. The maximum absolute atomic E-state index is 14.8.